The maximum Gasteiger partial charge on any atom is 0.115 e. The first-order valence-corrected chi connectivity index (χ1v) is 9.06. The topological polar surface area (TPSA) is 12.5 Å². The van der Waals surface area contributed by atoms with Crippen molar-refractivity contribution < 1.29 is 4.74 Å². The first-order chi connectivity index (χ1) is 11.6. The van der Waals surface area contributed by atoms with Crippen LogP contribution in [0, 0.1) is 6.92 Å². The molecule has 24 heavy (non-hydrogen) atoms. The van der Waals surface area contributed by atoms with E-state index in [0.717, 1.165) is 13.0 Å². The SMILES string of the molecule is Cc1ccc([C@@](C)(OCC[C@@H]2CCCN2C)c2ccccc2)cc1. The molecule has 0 N–H and O–H groups in total. The highest BCUT2D eigenvalue weighted by Gasteiger charge is 2.30. The average molecular weight is 323 g/mol. The van der Waals surface area contributed by atoms with E-state index >= 15 is 0 Å². The summed E-state index contributed by atoms with van der Waals surface area (Å²) in [7, 11) is 2.23. The van der Waals surface area contributed by atoms with Crippen molar-refractivity contribution in [2.24, 2.45) is 0 Å². The summed E-state index contributed by atoms with van der Waals surface area (Å²) in [4.78, 5) is 2.47. The largest absolute Gasteiger partial charge is 0.366 e. The van der Waals surface area contributed by atoms with Gasteiger partial charge in [-0.2, -0.15) is 0 Å². The number of nitrogens with zero attached hydrogens (tertiary/aromatic N) is 1. The van der Waals surface area contributed by atoms with Gasteiger partial charge in [0.1, 0.15) is 5.60 Å². The summed E-state index contributed by atoms with van der Waals surface area (Å²) >= 11 is 0. The van der Waals surface area contributed by atoms with Gasteiger partial charge in [0.2, 0.25) is 0 Å². The molecule has 2 atom stereocenters. The fraction of sp³-hybridized carbons (Fsp3) is 0.455. The molecule has 1 fully saturated rings. The van der Waals surface area contributed by atoms with Gasteiger partial charge in [-0.3, -0.25) is 0 Å². The first kappa shape index (κ1) is 17.2. The fourth-order valence-electron chi connectivity index (χ4n) is 3.70. The quantitative estimate of drug-likeness (QED) is 0.760. The zero-order chi connectivity index (χ0) is 17.0. The van der Waals surface area contributed by atoms with Crippen molar-refractivity contribution in [1.29, 1.82) is 0 Å². The van der Waals surface area contributed by atoms with E-state index in [0.29, 0.717) is 6.04 Å². The third-order valence-electron chi connectivity index (χ3n) is 5.44. The Kier molecular flexibility index (Phi) is 5.37. The lowest BCUT2D eigenvalue weighted by Crippen LogP contribution is -2.31. The Morgan fingerprint density at radius 1 is 1.04 bits per heavy atom. The molecule has 2 aromatic rings. The molecule has 2 heteroatoms. The van der Waals surface area contributed by atoms with Crippen LogP contribution in [0.5, 0.6) is 0 Å². The van der Waals surface area contributed by atoms with Crippen LogP contribution in [0.3, 0.4) is 0 Å². The van der Waals surface area contributed by atoms with Gasteiger partial charge in [-0.15, -0.1) is 0 Å². The zero-order valence-corrected chi connectivity index (χ0v) is 15.2. The van der Waals surface area contributed by atoms with E-state index in [1.807, 2.05) is 0 Å². The second-order valence-corrected chi connectivity index (χ2v) is 7.18. The Balaban J connectivity index is 1.78. The number of benzene rings is 2. The van der Waals surface area contributed by atoms with Crippen LogP contribution in [0.1, 0.15) is 42.9 Å². The lowest BCUT2D eigenvalue weighted by molar-refractivity contribution is -0.0117. The van der Waals surface area contributed by atoms with E-state index in [4.69, 9.17) is 4.74 Å². The fourth-order valence-corrected chi connectivity index (χ4v) is 3.70. The van der Waals surface area contributed by atoms with Crippen LogP contribution in [-0.4, -0.2) is 31.1 Å². The lowest BCUT2D eigenvalue weighted by atomic mass is 9.87. The van der Waals surface area contributed by atoms with Gasteiger partial charge in [0, 0.05) is 12.6 Å². The molecule has 0 radical (unpaired) electrons. The molecule has 1 aliphatic heterocycles. The summed E-state index contributed by atoms with van der Waals surface area (Å²) < 4.78 is 6.53. The summed E-state index contributed by atoms with van der Waals surface area (Å²) in [6, 6.07) is 20.0. The molecule has 1 saturated heterocycles. The predicted octanol–water partition coefficient (Wildman–Crippen LogP) is 4.76. The van der Waals surface area contributed by atoms with Crippen LogP contribution in [-0.2, 0) is 10.3 Å². The van der Waals surface area contributed by atoms with Crippen molar-refractivity contribution in [2.75, 3.05) is 20.2 Å². The van der Waals surface area contributed by atoms with Crippen molar-refractivity contribution in [3.8, 4) is 0 Å². The molecular formula is C22H29NO. The number of hydrogen-bond acceptors (Lipinski definition) is 2. The first-order valence-electron chi connectivity index (χ1n) is 9.06. The van der Waals surface area contributed by atoms with Gasteiger partial charge in [-0.25, -0.2) is 0 Å². The Labute approximate surface area is 146 Å². The number of likely N-dealkylation sites (tertiary alicyclic amines) is 1. The second kappa shape index (κ2) is 7.50. The molecule has 0 bridgehead atoms. The number of hydrogen-bond donors (Lipinski definition) is 0. The minimum absolute atomic E-state index is 0.397. The van der Waals surface area contributed by atoms with Crippen LogP contribution < -0.4 is 0 Å². The standard InChI is InChI=1S/C22H29NO/c1-18-11-13-20(14-12-18)22(2,19-8-5-4-6-9-19)24-17-15-21-10-7-16-23(21)3/h4-6,8-9,11-14,21H,7,10,15-17H2,1-3H3/t21-,22-/m0/s1. The smallest absolute Gasteiger partial charge is 0.115 e. The summed E-state index contributed by atoms with van der Waals surface area (Å²) in [5.74, 6) is 0. The van der Waals surface area contributed by atoms with Gasteiger partial charge in [-0.05, 0) is 57.8 Å². The van der Waals surface area contributed by atoms with Gasteiger partial charge in [0.05, 0.1) is 0 Å². The Hall–Kier alpha value is -1.64. The Bertz CT molecular complexity index is 637. The van der Waals surface area contributed by atoms with Crippen molar-refractivity contribution >= 4 is 0 Å². The minimum atomic E-state index is -0.397. The molecular weight excluding hydrogens is 294 g/mol. The van der Waals surface area contributed by atoms with Crippen LogP contribution in [0.15, 0.2) is 54.6 Å². The van der Waals surface area contributed by atoms with Gasteiger partial charge in [0.25, 0.3) is 0 Å². The Morgan fingerprint density at radius 3 is 2.33 bits per heavy atom. The zero-order valence-electron chi connectivity index (χ0n) is 15.2. The van der Waals surface area contributed by atoms with E-state index in [-0.39, 0.29) is 0 Å². The minimum Gasteiger partial charge on any atom is -0.366 e. The third-order valence-corrected chi connectivity index (χ3v) is 5.44. The summed E-state index contributed by atoms with van der Waals surface area (Å²) in [5, 5.41) is 0. The van der Waals surface area contributed by atoms with Crippen LogP contribution >= 0.6 is 0 Å². The van der Waals surface area contributed by atoms with Gasteiger partial charge < -0.3 is 9.64 Å². The molecule has 0 unspecified atom stereocenters. The van der Waals surface area contributed by atoms with Crippen molar-refractivity contribution in [3.63, 3.8) is 0 Å². The molecule has 1 heterocycles. The van der Waals surface area contributed by atoms with Crippen molar-refractivity contribution in [3.05, 3.63) is 71.3 Å². The second-order valence-electron chi connectivity index (χ2n) is 7.18. The molecule has 0 spiro atoms. The molecule has 2 nitrogen and oxygen atoms in total. The molecule has 0 aromatic heterocycles. The number of aryl methyl sites for hydroxylation is 1. The van der Waals surface area contributed by atoms with E-state index < -0.39 is 5.60 Å². The molecule has 128 valence electrons. The van der Waals surface area contributed by atoms with Crippen LogP contribution in [0.25, 0.3) is 0 Å². The van der Waals surface area contributed by atoms with Crippen molar-refractivity contribution in [2.45, 2.75) is 44.8 Å². The van der Waals surface area contributed by atoms with Crippen LogP contribution in [0.2, 0.25) is 0 Å². The summed E-state index contributed by atoms with van der Waals surface area (Å²) in [5.41, 5.74) is 3.32. The van der Waals surface area contributed by atoms with E-state index in [1.165, 1.54) is 36.1 Å². The van der Waals surface area contributed by atoms with E-state index in [2.05, 4.69) is 80.4 Å². The number of ether oxygens (including phenoxy) is 1. The van der Waals surface area contributed by atoms with Gasteiger partial charge in [-0.1, -0.05) is 60.2 Å². The molecule has 0 amide bonds. The van der Waals surface area contributed by atoms with Gasteiger partial charge in [0.15, 0.2) is 0 Å². The Morgan fingerprint density at radius 2 is 1.71 bits per heavy atom. The predicted molar refractivity (Wildman–Crippen MR) is 100 cm³/mol. The van der Waals surface area contributed by atoms with Crippen LogP contribution in [0.4, 0.5) is 0 Å². The molecule has 1 aliphatic rings. The van der Waals surface area contributed by atoms with E-state index in [9.17, 15) is 0 Å². The molecule has 0 aliphatic carbocycles. The van der Waals surface area contributed by atoms with Crippen molar-refractivity contribution in [1.82, 2.24) is 4.90 Å². The highest BCUT2D eigenvalue weighted by atomic mass is 16.5. The maximum atomic E-state index is 6.53. The molecule has 0 saturated carbocycles. The summed E-state index contributed by atoms with van der Waals surface area (Å²) in [6.45, 7) is 6.33. The summed E-state index contributed by atoms with van der Waals surface area (Å²) in [6.07, 6.45) is 3.71. The lowest BCUT2D eigenvalue weighted by Gasteiger charge is -2.32. The highest BCUT2D eigenvalue weighted by Crippen LogP contribution is 2.34. The molecule has 3 rings (SSSR count). The monoisotopic (exact) mass is 323 g/mol. The van der Waals surface area contributed by atoms with Gasteiger partial charge >= 0.3 is 0 Å². The third kappa shape index (κ3) is 3.71. The normalized spacial score (nSPS) is 20.9. The number of rotatable bonds is 6. The highest BCUT2D eigenvalue weighted by molar-refractivity contribution is 5.36. The molecule has 2 aromatic carbocycles. The average Bonchev–Trinajstić information content (AvgIpc) is 3.01. The maximum absolute atomic E-state index is 6.53. The van der Waals surface area contributed by atoms with E-state index in [1.54, 1.807) is 0 Å².